The summed E-state index contributed by atoms with van der Waals surface area (Å²) in [5.41, 5.74) is 8.42. The first-order valence-electron chi connectivity index (χ1n) is 5.90. The summed E-state index contributed by atoms with van der Waals surface area (Å²) in [7, 11) is 0. The molecule has 2 N–H and O–H groups in total. The molecule has 0 saturated heterocycles. The second-order valence-electron chi connectivity index (χ2n) is 4.38. The molecule has 0 fully saturated rings. The highest BCUT2D eigenvalue weighted by Crippen LogP contribution is 2.30. The molecule has 2 heterocycles. The Bertz CT molecular complexity index is 577. The van der Waals surface area contributed by atoms with Gasteiger partial charge in [0.05, 0.1) is 13.0 Å². The van der Waals surface area contributed by atoms with Crippen LogP contribution in [0.15, 0.2) is 36.7 Å². The number of nitrogens with zero attached hydrogens (tertiary/aromatic N) is 3. The molecule has 1 aliphatic rings. The fraction of sp³-hybridized carbons (Fsp3) is 0.231. The van der Waals surface area contributed by atoms with Crippen molar-refractivity contribution in [3.8, 4) is 0 Å². The van der Waals surface area contributed by atoms with Gasteiger partial charge in [0, 0.05) is 30.3 Å². The Kier molecular flexibility index (Phi) is 2.51. The van der Waals surface area contributed by atoms with Gasteiger partial charge in [-0.15, -0.1) is 0 Å². The summed E-state index contributed by atoms with van der Waals surface area (Å²) in [4.78, 5) is 13.8. The summed E-state index contributed by atoms with van der Waals surface area (Å²) in [6.07, 6.45) is 4.07. The number of nitrogens with two attached hydrogens (primary N) is 1. The van der Waals surface area contributed by atoms with Crippen LogP contribution in [0.25, 0.3) is 0 Å². The van der Waals surface area contributed by atoms with Gasteiger partial charge in [0.1, 0.15) is 0 Å². The lowest BCUT2D eigenvalue weighted by Gasteiger charge is -2.17. The summed E-state index contributed by atoms with van der Waals surface area (Å²) >= 11 is 0. The van der Waals surface area contributed by atoms with Crippen molar-refractivity contribution in [3.05, 3.63) is 42.2 Å². The average Bonchev–Trinajstić information content (AvgIpc) is 2.93. The van der Waals surface area contributed by atoms with Crippen molar-refractivity contribution in [2.24, 2.45) is 0 Å². The molecule has 0 saturated carbocycles. The summed E-state index contributed by atoms with van der Waals surface area (Å²) in [6.45, 7) is 1.33. The summed E-state index contributed by atoms with van der Waals surface area (Å²) in [5.74, 6) is 0.128. The number of carbonyl (C=O) groups is 1. The zero-order valence-electron chi connectivity index (χ0n) is 9.91. The minimum Gasteiger partial charge on any atom is -0.399 e. The molecule has 1 amide bonds. The van der Waals surface area contributed by atoms with Gasteiger partial charge in [0.15, 0.2) is 0 Å². The van der Waals surface area contributed by atoms with Crippen LogP contribution in [0.1, 0.15) is 5.56 Å². The summed E-state index contributed by atoms with van der Waals surface area (Å²) in [5, 5.41) is 4.13. The number of hydrogen-bond donors (Lipinski definition) is 1. The van der Waals surface area contributed by atoms with Gasteiger partial charge >= 0.3 is 0 Å². The van der Waals surface area contributed by atoms with Crippen LogP contribution in [-0.2, 0) is 17.8 Å². The quantitative estimate of drug-likeness (QED) is 0.818. The van der Waals surface area contributed by atoms with Gasteiger partial charge in [-0.05, 0) is 29.8 Å². The molecule has 1 aromatic heterocycles. The van der Waals surface area contributed by atoms with E-state index in [0.29, 0.717) is 25.2 Å². The van der Waals surface area contributed by atoms with Gasteiger partial charge in [0.25, 0.3) is 0 Å². The predicted molar refractivity (Wildman–Crippen MR) is 69.1 cm³/mol. The highest BCUT2D eigenvalue weighted by Gasteiger charge is 2.26. The van der Waals surface area contributed by atoms with E-state index in [1.54, 1.807) is 11.1 Å². The molecule has 18 heavy (non-hydrogen) atoms. The standard InChI is InChI=1S/C13H14N4O/c14-11-2-3-12-10(8-11)9-13(18)17(12)7-6-16-5-1-4-15-16/h1-5,8H,6-7,9,14H2. The fourth-order valence-electron chi connectivity index (χ4n) is 2.28. The average molecular weight is 242 g/mol. The van der Waals surface area contributed by atoms with Crippen molar-refractivity contribution in [2.75, 3.05) is 17.2 Å². The molecule has 92 valence electrons. The Morgan fingerprint density at radius 1 is 1.33 bits per heavy atom. The SMILES string of the molecule is Nc1ccc2c(c1)CC(=O)N2CCn1cccn1. The zero-order valence-corrected chi connectivity index (χ0v) is 9.91. The molecular weight excluding hydrogens is 228 g/mol. The van der Waals surface area contributed by atoms with E-state index in [9.17, 15) is 4.79 Å². The summed E-state index contributed by atoms with van der Waals surface area (Å²) in [6, 6.07) is 7.50. The van der Waals surface area contributed by atoms with E-state index < -0.39 is 0 Å². The first-order valence-corrected chi connectivity index (χ1v) is 5.90. The van der Waals surface area contributed by atoms with Crippen molar-refractivity contribution in [2.45, 2.75) is 13.0 Å². The highest BCUT2D eigenvalue weighted by molar-refractivity contribution is 6.01. The van der Waals surface area contributed by atoms with Crippen molar-refractivity contribution in [1.29, 1.82) is 0 Å². The normalized spacial score (nSPS) is 14.0. The number of fused-ring (bicyclic) bond motifs is 1. The van der Waals surface area contributed by atoms with E-state index in [4.69, 9.17) is 5.73 Å². The monoisotopic (exact) mass is 242 g/mol. The fourth-order valence-corrected chi connectivity index (χ4v) is 2.28. The van der Waals surface area contributed by atoms with Crippen molar-refractivity contribution >= 4 is 17.3 Å². The third-order valence-corrected chi connectivity index (χ3v) is 3.15. The zero-order chi connectivity index (χ0) is 12.5. The Morgan fingerprint density at radius 3 is 3.00 bits per heavy atom. The molecule has 0 spiro atoms. The molecule has 0 bridgehead atoms. The van der Waals surface area contributed by atoms with E-state index in [1.807, 2.05) is 35.1 Å². The number of rotatable bonds is 3. The maximum atomic E-state index is 12.0. The first kappa shape index (κ1) is 10.8. The summed E-state index contributed by atoms with van der Waals surface area (Å²) < 4.78 is 1.82. The van der Waals surface area contributed by atoms with Gasteiger partial charge in [-0.2, -0.15) is 5.10 Å². The lowest BCUT2D eigenvalue weighted by molar-refractivity contribution is -0.117. The van der Waals surface area contributed by atoms with Crippen LogP contribution in [0.3, 0.4) is 0 Å². The van der Waals surface area contributed by atoms with Gasteiger partial charge in [0.2, 0.25) is 5.91 Å². The molecular formula is C13H14N4O. The van der Waals surface area contributed by atoms with Crippen molar-refractivity contribution in [1.82, 2.24) is 9.78 Å². The van der Waals surface area contributed by atoms with Crippen LogP contribution < -0.4 is 10.6 Å². The largest absolute Gasteiger partial charge is 0.399 e. The Labute approximate surface area is 105 Å². The van der Waals surface area contributed by atoms with E-state index >= 15 is 0 Å². The number of benzene rings is 1. The number of hydrogen-bond acceptors (Lipinski definition) is 3. The second kappa shape index (κ2) is 4.18. The maximum Gasteiger partial charge on any atom is 0.231 e. The van der Waals surface area contributed by atoms with E-state index in [-0.39, 0.29) is 5.91 Å². The van der Waals surface area contributed by atoms with Gasteiger partial charge in [-0.25, -0.2) is 0 Å². The van der Waals surface area contributed by atoms with Crippen LogP contribution in [0.4, 0.5) is 11.4 Å². The molecule has 0 unspecified atom stereocenters. The van der Waals surface area contributed by atoms with Crippen molar-refractivity contribution < 1.29 is 4.79 Å². The number of carbonyl (C=O) groups excluding carboxylic acids is 1. The lowest BCUT2D eigenvalue weighted by atomic mass is 10.1. The molecule has 5 nitrogen and oxygen atoms in total. The number of amides is 1. The molecule has 0 atom stereocenters. The first-order chi connectivity index (χ1) is 8.74. The molecule has 0 radical (unpaired) electrons. The molecule has 1 aliphatic heterocycles. The van der Waals surface area contributed by atoms with E-state index in [2.05, 4.69) is 5.10 Å². The molecule has 0 aliphatic carbocycles. The molecule has 1 aromatic carbocycles. The molecule has 2 aromatic rings. The molecule has 3 rings (SSSR count). The Hall–Kier alpha value is -2.30. The smallest absolute Gasteiger partial charge is 0.231 e. The second-order valence-corrected chi connectivity index (χ2v) is 4.38. The third-order valence-electron chi connectivity index (χ3n) is 3.15. The number of nitrogen functional groups attached to an aromatic ring is 1. The Morgan fingerprint density at radius 2 is 2.22 bits per heavy atom. The number of aromatic nitrogens is 2. The predicted octanol–water partition coefficient (Wildman–Crippen LogP) is 1.05. The van der Waals surface area contributed by atoms with Crippen molar-refractivity contribution in [3.63, 3.8) is 0 Å². The van der Waals surface area contributed by atoms with Crippen LogP contribution in [-0.4, -0.2) is 22.2 Å². The van der Waals surface area contributed by atoms with Gasteiger partial charge in [-0.1, -0.05) is 0 Å². The highest BCUT2D eigenvalue weighted by atomic mass is 16.2. The minimum absolute atomic E-state index is 0.128. The lowest BCUT2D eigenvalue weighted by Crippen LogP contribution is -2.30. The van der Waals surface area contributed by atoms with Crippen LogP contribution >= 0.6 is 0 Å². The van der Waals surface area contributed by atoms with Gasteiger partial charge < -0.3 is 10.6 Å². The van der Waals surface area contributed by atoms with E-state index in [0.717, 1.165) is 11.3 Å². The Balaban J connectivity index is 1.79. The third kappa shape index (κ3) is 1.84. The topological polar surface area (TPSA) is 64.2 Å². The molecule has 5 heteroatoms. The minimum atomic E-state index is 0.128. The number of anilines is 2. The maximum absolute atomic E-state index is 12.0. The van der Waals surface area contributed by atoms with E-state index in [1.165, 1.54) is 0 Å². The van der Waals surface area contributed by atoms with Crippen LogP contribution in [0, 0.1) is 0 Å². The van der Waals surface area contributed by atoms with Crippen LogP contribution in [0.5, 0.6) is 0 Å². The van der Waals surface area contributed by atoms with Gasteiger partial charge in [-0.3, -0.25) is 9.48 Å². The van der Waals surface area contributed by atoms with Crippen LogP contribution in [0.2, 0.25) is 0 Å².